The van der Waals surface area contributed by atoms with Crippen LogP contribution in [0.4, 0.5) is 5.82 Å². The Labute approximate surface area is 191 Å². The zero-order valence-corrected chi connectivity index (χ0v) is 19.1. The molecule has 6 heteroatoms. The fraction of sp³-hybridized carbons (Fsp3) is 0.538. The fourth-order valence-corrected chi connectivity index (χ4v) is 5.63. The maximum Gasteiger partial charge on any atom is 0.255 e. The van der Waals surface area contributed by atoms with Crippen LogP contribution in [0.2, 0.25) is 0 Å². The van der Waals surface area contributed by atoms with E-state index in [9.17, 15) is 4.79 Å². The second kappa shape index (κ2) is 9.59. The van der Waals surface area contributed by atoms with Gasteiger partial charge < -0.3 is 14.5 Å². The first-order valence-corrected chi connectivity index (χ1v) is 12.0. The van der Waals surface area contributed by atoms with E-state index in [1.54, 1.807) is 13.3 Å². The summed E-state index contributed by atoms with van der Waals surface area (Å²) in [4.78, 5) is 24.7. The van der Waals surface area contributed by atoms with Gasteiger partial charge in [0.2, 0.25) is 0 Å². The minimum atomic E-state index is 0.112. The van der Waals surface area contributed by atoms with E-state index in [0.717, 1.165) is 77.3 Å². The lowest BCUT2D eigenvalue weighted by Gasteiger charge is -2.40. The topological polar surface area (TPSA) is 48.9 Å². The molecule has 4 heterocycles. The smallest absolute Gasteiger partial charge is 0.255 e. The molecule has 0 saturated carbocycles. The number of amides is 1. The molecule has 5 rings (SSSR count). The van der Waals surface area contributed by atoms with Crippen LogP contribution in [0, 0.1) is 0 Å². The van der Waals surface area contributed by atoms with Gasteiger partial charge >= 0.3 is 0 Å². The number of hydrogen-bond donors (Lipinski definition) is 0. The molecule has 1 amide bonds. The number of fused-ring (bicyclic) bond motifs is 1. The van der Waals surface area contributed by atoms with Gasteiger partial charge in [-0.25, -0.2) is 4.98 Å². The predicted molar refractivity (Wildman–Crippen MR) is 126 cm³/mol. The maximum absolute atomic E-state index is 13.1. The number of piperidine rings is 1. The molecule has 1 aromatic carbocycles. The van der Waals surface area contributed by atoms with Crippen LogP contribution < -0.4 is 4.90 Å². The summed E-state index contributed by atoms with van der Waals surface area (Å²) in [6.07, 6.45) is 7.28. The van der Waals surface area contributed by atoms with Crippen LogP contribution in [0.5, 0.6) is 0 Å². The number of nitrogens with zero attached hydrogens (tertiary/aromatic N) is 4. The SMILES string of the molecule is COC[C@H]1CCCN1c1ccc(C(=O)N2CCC(N3CCc4ccccc4C3)CC2)cn1. The number of likely N-dealkylation sites (tertiary alicyclic amines) is 1. The minimum Gasteiger partial charge on any atom is -0.383 e. The highest BCUT2D eigenvalue weighted by Gasteiger charge is 2.30. The Hall–Kier alpha value is -2.44. The molecule has 2 aromatic rings. The van der Waals surface area contributed by atoms with Gasteiger partial charge in [-0.2, -0.15) is 0 Å². The molecule has 3 aliphatic rings. The van der Waals surface area contributed by atoms with E-state index >= 15 is 0 Å². The normalized spacial score (nSPS) is 22.2. The molecule has 1 atom stereocenters. The maximum atomic E-state index is 13.1. The fourth-order valence-electron chi connectivity index (χ4n) is 5.63. The number of carbonyl (C=O) groups is 1. The lowest BCUT2D eigenvalue weighted by molar-refractivity contribution is 0.0599. The minimum absolute atomic E-state index is 0.112. The number of carbonyl (C=O) groups excluding carboxylic acids is 1. The highest BCUT2D eigenvalue weighted by Crippen LogP contribution is 2.27. The number of anilines is 1. The van der Waals surface area contributed by atoms with Gasteiger partial charge in [-0.15, -0.1) is 0 Å². The van der Waals surface area contributed by atoms with Crippen molar-refractivity contribution in [3.05, 3.63) is 59.3 Å². The third kappa shape index (κ3) is 4.39. The molecular weight excluding hydrogens is 400 g/mol. The van der Waals surface area contributed by atoms with Crippen molar-refractivity contribution in [3.8, 4) is 0 Å². The predicted octanol–water partition coefficient (Wildman–Crippen LogP) is 3.36. The molecule has 3 aliphatic heterocycles. The van der Waals surface area contributed by atoms with Crippen LogP contribution in [0.25, 0.3) is 0 Å². The number of hydrogen-bond acceptors (Lipinski definition) is 5. The number of rotatable bonds is 5. The van der Waals surface area contributed by atoms with Crippen LogP contribution in [0.15, 0.2) is 42.6 Å². The second-order valence-corrected chi connectivity index (χ2v) is 9.36. The summed E-state index contributed by atoms with van der Waals surface area (Å²) in [5, 5.41) is 0. The van der Waals surface area contributed by atoms with Gasteiger partial charge in [0.05, 0.1) is 18.2 Å². The first kappa shape index (κ1) is 21.4. The molecule has 2 fully saturated rings. The van der Waals surface area contributed by atoms with E-state index in [0.29, 0.717) is 17.6 Å². The molecule has 0 aliphatic carbocycles. The molecule has 0 unspecified atom stereocenters. The Balaban J connectivity index is 1.16. The summed E-state index contributed by atoms with van der Waals surface area (Å²) in [6.45, 7) is 5.54. The summed E-state index contributed by atoms with van der Waals surface area (Å²) < 4.78 is 5.35. The molecule has 0 radical (unpaired) electrons. The van der Waals surface area contributed by atoms with Gasteiger partial charge in [-0.05, 0) is 55.4 Å². The van der Waals surface area contributed by atoms with E-state index in [-0.39, 0.29) is 5.91 Å². The molecule has 6 nitrogen and oxygen atoms in total. The van der Waals surface area contributed by atoms with Crippen molar-refractivity contribution in [2.75, 3.05) is 44.8 Å². The average Bonchev–Trinajstić information content (AvgIpc) is 3.32. The van der Waals surface area contributed by atoms with E-state index in [4.69, 9.17) is 4.74 Å². The molecule has 32 heavy (non-hydrogen) atoms. The Morgan fingerprint density at radius 3 is 2.59 bits per heavy atom. The number of methoxy groups -OCH3 is 1. The van der Waals surface area contributed by atoms with E-state index in [1.807, 2.05) is 17.0 Å². The van der Waals surface area contributed by atoms with Crippen molar-refractivity contribution < 1.29 is 9.53 Å². The van der Waals surface area contributed by atoms with Gasteiger partial charge in [0.25, 0.3) is 5.91 Å². The quantitative estimate of drug-likeness (QED) is 0.722. The molecule has 0 spiro atoms. The highest BCUT2D eigenvalue weighted by molar-refractivity contribution is 5.94. The summed E-state index contributed by atoms with van der Waals surface area (Å²) in [7, 11) is 1.75. The standard InChI is InChI=1S/C26H34N4O2/c1-32-19-24-7-4-13-30(24)25-9-8-21(17-27-25)26(31)28-15-11-23(12-16-28)29-14-10-20-5-2-3-6-22(20)18-29/h2-3,5-6,8-9,17,23-24H,4,7,10-16,18-19H2,1H3/t24-/m1/s1. The molecule has 1 aromatic heterocycles. The van der Waals surface area contributed by atoms with Crippen molar-refractivity contribution in [2.45, 2.75) is 50.7 Å². The van der Waals surface area contributed by atoms with Gasteiger partial charge in [0, 0.05) is 52.1 Å². The lowest BCUT2D eigenvalue weighted by Crippen LogP contribution is -2.48. The van der Waals surface area contributed by atoms with Crippen LogP contribution in [-0.2, 0) is 17.7 Å². The van der Waals surface area contributed by atoms with Crippen molar-refractivity contribution in [1.82, 2.24) is 14.8 Å². The summed E-state index contributed by atoms with van der Waals surface area (Å²) in [5.41, 5.74) is 3.66. The van der Waals surface area contributed by atoms with Gasteiger partial charge in [0.1, 0.15) is 5.82 Å². The van der Waals surface area contributed by atoms with Crippen LogP contribution >= 0.6 is 0 Å². The van der Waals surface area contributed by atoms with Crippen LogP contribution in [0.1, 0.15) is 47.2 Å². The highest BCUT2D eigenvalue weighted by atomic mass is 16.5. The lowest BCUT2D eigenvalue weighted by atomic mass is 9.95. The molecular formula is C26H34N4O2. The molecule has 2 saturated heterocycles. The number of benzene rings is 1. The third-order valence-corrected chi connectivity index (χ3v) is 7.45. The second-order valence-electron chi connectivity index (χ2n) is 9.36. The van der Waals surface area contributed by atoms with Crippen molar-refractivity contribution in [1.29, 1.82) is 0 Å². The first-order valence-electron chi connectivity index (χ1n) is 12.0. The first-order chi connectivity index (χ1) is 15.7. The molecule has 170 valence electrons. The molecule has 0 N–H and O–H groups in total. The van der Waals surface area contributed by atoms with Gasteiger partial charge in [-0.1, -0.05) is 24.3 Å². The summed E-state index contributed by atoms with van der Waals surface area (Å²) in [6, 6.07) is 13.7. The zero-order valence-electron chi connectivity index (χ0n) is 19.1. The van der Waals surface area contributed by atoms with E-state index < -0.39 is 0 Å². The summed E-state index contributed by atoms with van der Waals surface area (Å²) in [5.74, 6) is 1.06. The Morgan fingerprint density at radius 2 is 1.84 bits per heavy atom. The third-order valence-electron chi connectivity index (χ3n) is 7.45. The molecule has 0 bridgehead atoms. The van der Waals surface area contributed by atoms with Crippen molar-refractivity contribution >= 4 is 11.7 Å². The number of aromatic nitrogens is 1. The van der Waals surface area contributed by atoms with E-state index in [1.165, 1.54) is 11.1 Å². The zero-order chi connectivity index (χ0) is 21.9. The number of ether oxygens (including phenoxy) is 1. The largest absolute Gasteiger partial charge is 0.383 e. The van der Waals surface area contributed by atoms with E-state index in [2.05, 4.69) is 39.0 Å². The monoisotopic (exact) mass is 434 g/mol. The van der Waals surface area contributed by atoms with Crippen LogP contribution in [-0.4, -0.2) is 72.7 Å². The van der Waals surface area contributed by atoms with Crippen molar-refractivity contribution in [2.24, 2.45) is 0 Å². The Morgan fingerprint density at radius 1 is 1.03 bits per heavy atom. The average molecular weight is 435 g/mol. The van der Waals surface area contributed by atoms with Gasteiger partial charge in [-0.3, -0.25) is 9.69 Å². The summed E-state index contributed by atoms with van der Waals surface area (Å²) >= 11 is 0. The van der Waals surface area contributed by atoms with Crippen LogP contribution in [0.3, 0.4) is 0 Å². The van der Waals surface area contributed by atoms with Gasteiger partial charge in [0.15, 0.2) is 0 Å². The number of pyridine rings is 1. The Kier molecular flexibility index (Phi) is 6.42. The Bertz CT molecular complexity index is 924. The van der Waals surface area contributed by atoms with Crippen molar-refractivity contribution in [3.63, 3.8) is 0 Å².